The molecule has 8 nitrogen and oxygen atoms in total. The summed E-state index contributed by atoms with van der Waals surface area (Å²) in [5, 5.41) is 8.96. The van der Waals surface area contributed by atoms with Crippen molar-refractivity contribution in [2.24, 2.45) is 0 Å². The summed E-state index contributed by atoms with van der Waals surface area (Å²) in [6.07, 6.45) is 10.4. The second-order valence-electron chi connectivity index (χ2n) is 18.6. The molecule has 6 rings (SSSR count). The number of hydrogen-bond acceptors (Lipinski definition) is 8. The minimum Gasteiger partial charge on any atom is -0.261 e. The van der Waals surface area contributed by atoms with E-state index in [2.05, 4.69) is 175 Å². The molecule has 0 unspecified atom stereocenters. The maximum Gasteiger partial charge on any atom is 0.116 e. The van der Waals surface area contributed by atoms with Crippen LogP contribution in [0.2, 0.25) is 0 Å². The van der Waals surface area contributed by atoms with Crippen LogP contribution in [0.15, 0.2) is 110 Å². The van der Waals surface area contributed by atoms with Gasteiger partial charge in [0.2, 0.25) is 0 Å². The molecule has 55 heavy (non-hydrogen) atoms. The molecule has 0 aliphatic heterocycles. The van der Waals surface area contributed by atoms with Crippen LogP contribution in [0, 0.1) is 6.92 Å². The first kappa shape index (κ1) is 46.2. The highest BCUT2D eigenvalue weighted by atomic mass is 15.1. The predicted molar refractivity (Wildman–Crippen MR) is 230 cm³/mol. The summed E-state index contributed by atoms with van der Waals surface area (Å²) in [6.45, 7) is 34.3. The van der Waals surface area contributed by atoms with Crippen molar-refractivity contribution >= 4 is 10.9 Å². The van der Waals surface area contributed by atoms with Gasteiger partial charge in [-0.3, -0.25) is 9.97 Å². The summed E-state index contributed by atoms with van der Waals surface area (Å²) < 4.78 is 0. The Balaban J connectivity index is 0.000000239. The number of fused-ring (bicyclic) bond motifs is 1. The van der Waals surface area contributed by atoms with E-state index in [1.807, 2.05) is 60.9 Å². The zero-order valence-corrected chi connectivity index (χ0v) is 36.5. The largest absolute Gasteiger partial charge is 0.261 e. The number of hydrogen-bond donors (Lipinski definition) is 0. The Bertz CT molecular complexity index is 1820. The second-order valence-corrected chi connectivity index (χ2v) is 18.6. The number of aryl methyl sites for hydroxylation is 1. The van der Waals surface area contributed by atoms with Crippen LogP contribution in [0.3, 0.4) is 0 Å². The molecule has 0 aliphatic carbocycles. The van der Waals surface area contributed by atoms with E-state index in [-0.39, 0.29) is 27.1 Å². The third-order valence-electron chi connectivity index (χ3n) is 8.06. The first-order valence-electron chi connectivity index (χ1n) is 19.0. The van der Waals surface area contributed by atoms with Gasteiger partial charge in [0, 0.05) is 74.3 Å². The summed E-state index contributed by atoms with van der Waals surface area (Å²) in [4.78, 5) is 25.2. The van der Waals surface area contributed by atoms with Gasteiger partial charge in [0.05, 0.1) is 16.9 Å². The van der Waals surface area contributed by atoms with Crippen molar-refractivity contribution in [2.75, 3.05) is 0 Å². The minimum atomic E-state index is 0.0720. The van der Waals surface area contributed by atoms with Gasteiger partial charge < -0.3 is 0 Å². The Hall–Kier alpha value is -4.98. The first-order chi connectivity index (χ1) is 25.4. The van der Waals surface area contributed by atoms with Crippen molar-refractivity contribution in [3.8, 4) is 0 Å². The SMILES string of the molecule is CC(C)(C)c1ccccn1.CC(C)(C)c1cccnn1.CC(C)(C)c1ccncn1.CC(C)(C)c1ncnc2ccccc12.Cc1ccc(C(C)(C)C)nc1. The van der Waals surface area contributed by atoms with Crippen LogP contribution >= 0.6 is 0 Å². The van der Waals surface area contributed by atoms with Crippen LogP contribution in [0.5, 0.6) is 0 Å². The minimum absolute atomic E-state index is 0.0720. The lowest BCUT2D eigenvalue weighted by Crippen LogP contribution is -2.14. The van der Waals surface area contributed by atoms with Gasteiger partial charge in [0.15, 0.2) is 0 Å². The summed E-state index contributed by atoms with van der Waals surface area (Å²) in [5.74, 6) is 0. The van der Waals surface area contributed by atoms with Gasteiger partial charge in [-0.2, -0.15) is 10.2 Å². The van der Waals surface area contributed by atoms with Gasteiger partial charge in [-0.15, -0.1) is 0 Å². The molecule has 0 bridgehead atoms. The third kappa shape index (κ3) is 16.9. The number of aromatic nitrogens is 8. The standard InChI is InChI=1S/C12H14N2.C10H15N.C9H13N.2C8H12N2/c1-12(2,3)11-9-6-4-5-7-10(9)13-8-14-11;1-8-5-6-9(11-7-8)10(2,3)4;1-9(2,3)8-6-4-5-7-10-8;1-8(2,3)7-4-5-9-6-10-7;1-8(2,3)7-5-4-6-9-10-7/h4-8H,1-3H3;5-7H,1-4H3;4-7H,1-3H3;2*4-6H,1-3H3. The van der Waals surface area contributed by atoms with Gasteiger partial charge in [-0.1, -0.05) is 134 Å². The van der Waals surface area contributed by atoms with E-state index < -0.39 is 0 Å². The Morgan fingerprint density at radius 2 is 0.964 bits per heavy atom. The number of nitrogens with zero attached hydrogens (tertiary/aromatic N) is 8. The summed E-state index contributed by atoms with van der Waals surface area (Å²) >= 11 is 0. The molecule has 0 N–H and O–H groups in total. The maximum absolute atomic E-state index is 4.37. The molecule has 0 saturated heterocycles. The lowest BCUT2D eigenvalue weighted by atomic mass is 9.89. The Morgan fingerprint density at radius 1 is 0.400 bits per heavy atom. The molecule has 0 saturated carbocycles. The number of rotatable bonds is 0. The molecule has 0 aliphatic rings. The van der Waals surface area contributed by atoms with Gasteiger partial charge in [0.1, 0.15) is 12.7 Å². The fraction of sp³-hybridized carbons (Fsp3) is 0.447. The van der Waals surface area contributed by atoms with E-state index in [4.69, 9.17) is 0 Å². The zero-order valence-electron chi connectivity index (χ0n) is 36.5. The summed E-state index contributed by atoms with van der Waals surface area (Å²) in [6, 6.07) is 24.2. The smallest absolute Gasteiger partial charge is 0.116 e. The van der Waals surface area contributed by atoms with Crippen LogP contribution in [0.25, 0.3) is 10.9 Å². The highest BCUT2D eigenvalue weighted by Crippen LogP contribution is 2.26. The van der Waals surface area contributed by atoms with Crippen molar-refractivity contribution in [1.82, 2.24) is 40.1 Å². The molecule has 6 aromatic rings. The van der Waals surface area contributed by atoms with Crippen LogP contribution in [-0.4, -0.2) is 40.1 Å². The third-order valence-corrected chi connectivity index (χ3v) is 8.06. The van der Waals surface area contributed by atoms with Crippen LogP contribution in [-0.2, 0) is 27.1 Å². The normalized spacial score (nSPS) is 11.6. The van der Waals surface area contributed by atoms with Gasteiger partial charge >= 0.3 is 0 Å². The monoisotopic (exact) mass is 743 g/mol. The maximum atomic E-state index is 4.37. The van der Waals surface area contributed by atoms with Gasteiger partial charge in [-0.05, 0) is 55.0 Å². The molecule has 5 aromatic heterocycles. The Morgan fingerprint density at radius 3 is 1.38 bits per heavy atom. The number of benzene rings is 1. The molecular formula is C47H66N8. The quantitative estimate of drug-likeness (QED) is 0.151. The first-order valence-corrected chi connectivity index (χ1v) is 19.0. The van der Waals surface area contributed by atoms with E-state index in [9.17, 15) is 0 Å². The topological polar surface area (TPSA) is 103 Å². The Kier molecular flexibility index (Phi) is 16.9. The van der Waals surface area contributed by atoms with E-state index in [0.717, 1.165) is 39.4 Å². The van der Waals surface area contributed by atoms with Crippen molar-refractivity contribution in [2.45, 2.75) is 138 Å². The van der Waals surface area contributed by atoms with E-state index in [1.165, 1.54) is 5.56 Å². The molecule has 5 heterocycles. The number of pyridine rings is 2. The molecule has 0 spiro atoms. The van der Waals surface area contributed by atoms with E-state index in [0.29, 0.717) is 0 Å². The number of para-hydroxylation sites is 1. The molecule has 0 atom stereocenters. The lowest BCUT2D eigenvalue weighted by molar-refractivity contribution is 0.558. The van der Waals surface area contributed by atoms with Crippen LogP contribution in [0.1, 0.15) is 138 Å². The molecule has 0 amide bonds. The molecule has 0 radical (unpaired) electrons. The van der Waals surface area contributed by atoms with Crippen LogP contribution < -0.4 is 0 Å². The molecule has 1 aromatic carbocycles. The average Bonchev–Trinajstić information content (AvgIpc) is 3.12. The van der Waals surface area contributed by atoms with E-state index >= 15 is 0 Å². The van der Waals surface area contributed by atoms with Crippen molar-refractivity contribution in [1.29, 1.82) is 0 Å². The fourth-order valence-electron chi connectivity index (χ4n) is 4.76. The van der Waals surface area contributed by atoms with Crippen molar-refractivity contribution in [3.63, 3.8) is 0 Å². The highest BCUT2D eigenvalue weighted by Gasteiger charge is 2.19. The molecule has 8 heteroatoms. The summed E-state index contributed by atoms with van der Waals surface area (Å²) in [7, 11) is 0. The van der Waals surface area contributed by atoms with Gasteiger partial charge in [0.25, 0.3) is 0 Å². The fourth-order valence-corrected chi connectivity index (χ4v) is 4.76. The van der Waals surface area contributed by atoms with Crippen molar-refractivity contribution < 1.29 is 0 Å². The average molecular weight is 743 g/mol. The molecular weight excluding hydrogens is 677 g/mol. The second kappa shape index (κ2) is 20.1. The molecule has 294 valence electrons. The van der Waals surface area contributed by atoms with E-state index in [1.54, 1.807) is 25.0 Å². The van der Waals surface area contributed by atoms with Gasteiger partial charge in [-0.25, -0.2) is 19.9 Å². The lowest BCUT2D eigenvalue weighted by Gasteiger charge is -2.18. The predicted octanol–water partition coefficient (Wildman–Crippen LogP) is 11.5. The zero-order chi connectivity index (χ0) is 41.5. The van der Waals surface area contributed by atoms with Crippen LogP contribution in [0.4, 0.5) is 0 Å². The highest BCUT2D eigenvalue weighted by molar-refractivity contribution is 5.81. The molecule has 0 fully saturated rings. The Labute approximate surface area is 332 Å². The summed E-state index contributed by atoms with van der Waals surface area (Å²) in [5.41, 5.74) is 8.47. The van der Waals surface area contributed by atoms with Crippen molar-refractivity contribution in [3.05, 3.63) is 144 Å².